The summed E-state index contributed by atoms with van der Waals surface area (Å²) < 4.78 is 18.9. The Morgan fingerprint density at radius 3 is 2.38 bits per heavy atom. The summed E-state index contributed by atoms with van der Waals surface area (Å²) in [6.45, 7) is 7.23. The smallest absolute Gasteiger partial charge is 0.312 e. The summed E-state index contributed by atoms with van der Waals surface area (Å²) in [4.78, 5) is 42.8. The van der Waals surface area contributed by atoms with Crippen molar-refractivity contribution in [2.75, 3.05) is 50.7 Å². The molecule has 1 aromatic carbocycles. The van der Waals surface area contributed by atoms with Crippen molar-refractivity contribution in [1.29, 1.82) is 0 Å². The Morgan fingerprint density at radius 2 is 1.76 bits per heavy atom. The van der Waals surface area contributed by atoms with Crippen LogP contribution in [0.1, 0.15) is 39.0 Å². The fourth-order valence-corrected chi connectivity index (χ4v) is 5.47. The Morgan fingerprint density at radius 1 is 1.12 bits per heavy atom. The summed E-state index contributed by atoms with van der Waals surface area (Å²) in [6, 6.07) is 6.63. The van der Waals surface area contributed by atoms with Crippen molar-refractivity contribution in [3.8, 4) is 0 Å². The SMILES string of the molecule is C[C@@H](CC(N)=O)C(=O)N1CCC2(CC1)C[C@H](CCN1CCN(c3ccc(F)cc3)CC1)OC2=O. The average molecular weight is 475 g/mol. The molecule has 4 rings (SSSR count). The Hall–Kier alpha value is -2.68. The van der Waals surface area contributed by atoms with Gasteiger partial charge in [-0.05, 0) is 43.5 Å². The number of halogens is 1. The molecule has 3 aliphatic rings. The monoisotopic (exact) mass is 474 g/mol. The fraction of sp³-hybridized carbons (Fsp3) is 0.640. The van der Waals surface area contributed by atoms with Crippen LogP contribution in [0.3, 0.4) is 0 Å². The molecule has 3 heterocycles. The molecule has 0 radical (unpaired) electrons. The first-order valence-corrected chi connectivity index (χ1v) is 12.3. The molecule has 2 amide bonds. The van der Waals surface area contributed by atoms with Gasteiger partial charge in [-0.3, -0.25) is 19.3 Å². The fourth-order valence-electron chi connectivity index (χ4n) is 5.47. The van der Waals surface area contributed by atoms with E-state index in [-0.39, 0.29) is 30.2 Å². The van der Waals surface area contributed by atoms with E-state index in [1.807, 2.05) is 12.1 Å². The zero-order chi connectivity index (χ0) is 24.3. The molecule has 2 atom stereocenters. The molecule has 34 heavy (non-hydrogen) atoms. The number of amides is 2. The van der Waals surface area contributed by atoms with Crippen LogP contribution in [0, 0.1) is 17.2 Å². The minimum absolute atomic E-state index is 0.0444. The summed E-state index contributed by atoms with van der Waals surface area (Å²) in [7, 11) is 0. The average Bonchev–Trinajstić information content (AvgIpc) is 3.12. The van der Waals surface area contributed by atoms with Gasteiger partial charge in [-0.15, -0.1) is 0 Å². The maximum atomic E-state index is 13.2. The van der Waals surface area contributed by atoms with E-state index in [0.717, 1.165) is 44.8 Å². The Balaban J connectivity index is 1.21. The van der Waals surface area contributed by atoms with E-state index in [4.69, 9.17) is 10.5 Å². The van der Waals surface area contributed by atoms with Gasteiger partial charge in [0.2, 0.25) is 11.8 Å². The highest BCUT2D eigenvalue weighted by molar-refractivity contribution is 5.85. The number of esters is 1. The Kier molecular flexibility index (Phi) is 7.40. The highest BCUT2D eigenvalue weighted by atomic mass is 19.1. The first-order valence-electron chi connectivity index (χ1n) is 12.3. The lowest BCUT2D eigenvalue weighted by atomic mass is 9.75. The van der Waals surface area contributed by atoms with Crippen molar-refractivity contribution in [2.24, 2.45) is 17.1 Å². The van der Waals surface area contributed by atoms with Crippen LogP contribution >= 0.6 is 0 Å². The molecule has 0 unspecified atom stereocenters. The molecule has 0 aliphatic carbocycles. The van der Waals surface area contributed by atoms with Crippen LogP contribution < -0.4 is 10.6 Å². The van der Waals surface area contributed by atoms with Gasteiger partial charge in [-0.2, -0.15) is 0 Å². The standard InChI is InChI=1S/C25H35FN4O4/c1-18(16-22(27)31)23(32)30-10-7-25(8-11-30)17-21(34-24(25)33)6-9-28-12-14-29(15-13-28)20-4-2-19(26)3-5-20/h2-5,18,21H,6-17H2,1H3,(H2,27,31)/t18-,21-/m0/s1. The van der Waals surface area contributed by atoms with Gasteiger partial charge in [-0.1, -0.05) is 6.92 Å². The quantitative estimate of drug-likeness (QED) is 0.605. The Labute approximate surface area is 200 Å². The molecule has 3 fully saturated rings. The third-order valence-electron chi connectivity index (χ3n) is 7.62. The first-order chi connectivity index (χ1) is 16.3. The van der Waals surface area contributed by atoms with Crippen LogP contribution in [-0.2, 0) is 19.1 Å². The van der Waals surface area contributed by atoms with Gasteiger partial charge >= 0.3 is 5.97 Å². The van der Waals surface area contributed by atoms with E-state index in [2.05, 4.69) is 9.80 Å². The number of carbonyl (C=O) groups excluding carboxylic acids is 3. The van der Waals surface area contributed by atoms with Gasteiger partial charge in [0.1, 0.15) is 11.9 Å². The van der Waals surface area contributed by atoms with Crippen molar-refractivity contribution < 1.29 is 23.5 Å². The van der Waals surface area contributed by atoms with Crippen molar-refractivity contribution in [2.45, 2.75) is 45.1 Å². The van der Waals surface area contributed by atoms with E-state index < -0.39 is 17.2 Å². The number of nitrogens with zero attached hydrogens (tertiary/aromatic N) is 3. The highest BCUT2D eigenvalue weighted by Gasteiger charge is 2.50. The van der Waals surface area contributed by atoms with E-state index in [1.54, 1.807) is 11.8 Å². The van der Waals surface area contributed by atoms with E-state index >= 15 is 0 Å². The predicted molar refractivity (Wildman–Crippen MR) is 125 cm³/mol. The van der Waals surface area contributed by atoms with Gasteiger partial charge in [0.05, 0.1) is 5.41 Å². The van der Waals surface area contributed by atoms with Crippen LogP contribution in [0.5, 0.6) is 0 Å². The van der Waals surface area contributed by atoms with Crippen molar-refractivity contribution in [3.05, 3.63) is 30.1 Å². The lowest BCUT2D eigenvalue weighted by Crippen LogP contribution is -2.47. The summed E-state index contributed by atoms with van der Waals surface area (Å²) >= 11 is 0. The molecular formula is C25H35FN4O4. The number of hydrogen-bond acceptors (Lipinski definition) is 6. The minimum Gasteiger partial charge on any atom is -0.462 e. The van der Waals surface area contributed by atoms with Gasteiger partial charge in [0, 0.05) is 70.3 Å². The maximum Gasteiger partial charge on any atom is 0.312 e. The molecule has 0 bridgehead atoms. The molecule has 8 nitrogen and oxygen atoms in total. The zero-order valence-electron chi connectivity index (χ0n) is 19.9. The maximum absolute atomic E-state index is 13.2. The number of benzene rings is 1. The molecular weight excluding hydrogens is 439 g/mol. The molecule has 2 N–H and O–H groups in total. The van der Waals surface area contributed by atoms with Crippen molar-refractivity contribution in [1.82, 2.24) is 9.80 Å². The van der Waals surface area contributed by atoms with Crippen molar-refractivity contribution >= 4 is 23.5 Å². The third-order valence-corrected chi connectivity index (χ3v) is 7.62. The lowest BCUT2D eigenvalue weighted by Gasteiger charge is -2.37. The molecule has 1 aromatic rings. The van der Waals surface area contributed by atoms with Crippen LogP contribution in [0.15, 0.2) is 24.3 Å². The van der Waals surface area contributed by atoms with Crippen LogP contribution in [0.25, 0.3) is 0 Å². The zero-order valence-corrected chi connectivity index (χ0v) is 19.9. The number of likely N-dealkylation sites (tertiary alicyclic amines) is 1. The number of hydrogen-bond donors (Lipinski definition) is 1. The number of cyclic esters (lactones) is 1. The number of nitrogens with two attached hydrogens (primary N) is 1. The second kappa shape index (κ2) is 10.3. The van der Waals surface area contributed by atoms with Crippen molar-refractivity contribution in [3.63, 3.8) is 0 Å². The molecule has 3 aliphatic heterocycles. The number of anilines is 1. The predicted octanol–water partition coefficient (Wildman–Crippen LogP) is 1.77. The summed E-state index contributed by atoms with van der Waals surface area (Å²) in [5.74, 6) is -1.33. The number of carbonyl (C=O) groups is 3. The van der Waals surface area contributed by atoms with E-state index in [1.165, 1.54) is 12.1 Å². The van der Waals surface area contributed by atoms with Gasteiger partial charge < -0.3 is 20.3 Å². The lowest BCUT2D eigenvalue weighted by molar-refractivity contribution is -0.153. The minimum atomic E-state index is -0.490. The molecule has 9 heteroatoms. The first kappa shape index (κ1) is 24.4. The third kappa shape index (κ3) is 5.51. The van der Waals surface area contributed by atoms with Gasteiger partial charge in [0.15, 0.2) is 0 Å². The van der Waals surface area contributed by atoms with Crippen LogP contribution in [0.4, 0.5) is 10.1 Å². The van der Waals surface area contributed by atoms with Gasteiger partial charge in [0.25, 0.3) is 0 Å². The van der Waals surface area contributed by atoms with E-state index in [9.17, 15) is 18.8 Å². The molecule has 186 valence electrons. The number of piperazine rings is 1. The second-order valence-corrected chi connectivity index (χ2v) is 10.0. The highest BCUT2D eigenvalue weighted by Crippen LogP contribution is 2.44. The number of rotatable bonds is 7. The summed E-state index contributed by atoms with van der Waals surface area (Å²) in [6.07, 6.45) is 2.69. The number of ether oxygens (including phenoxy) is 1. The normalized spacial score (nSPS) is 23.7. The second-order valence-electron chi connectivity index (χ2n) is 10.0. The summed E-state index contributed by atoms with van der Waals surface area (Å²) in [5.41, 5.74) is 5.77. The van der Waals surface area contributed by atoms with Crippen LogP contribution in [-0.4, -0.2) is 79.5 Å². The molecule has 0 aromatic heterocycles. The largest absolute Gasteiger partial charge is 0.462 e. The molecule has 3 saturated heterocycles. The Bertz CT molecular complexity index is 893. The van der Waals surface area contributed by atoms with Gasteiger partial charge in [-0.25, -0.2) is 4.39 Å². The van der Waals surface area contributed by atoms with E-state index in [0.29, 0.717) is 32.4 Å². The number of piperidine rings is 1. The topological polar surface area (TPSA) is 96.2 Å². The molecule has 0 saturated carbocycles. The van der Waals surface area contributed by atoms with Crippen LogP contribution in [0.2, 0.25) is 0 Å². The molecule has 1 spiro atoms. The number of primary amides is 1. The summed E-state index contributed by atoms with van der Waals surface area (Å²) in [5, 5.41) is 0.